The normalized spacial score (nSPS) is 11.7. The van der Waals surface area contributed by atoms with E-state index in [4.69, 9.17) is 0 Å². The van der Waals surface area contributed by atoms with E-state index in [0.29, 0.717) is 13.1 Å². The lowest BCUT2D eigenvalue weighted by Crippen LogP contribution is -2.36. The molecule has 0 bridgehead atoms. The molecule has 2 N–H and O–H groups in total. The van der Waals surface area contributed by atoms with Crippen LogP contribution in [0.3, 0.4) is 0 Å². The van der Waals surface area contributed by atoms with Gasteiger partial charge in [0.15, 0.2) is 5.96 Å². The second kappa shape index (κ2) is 7.88. The lowest BCUT2D eigenvalue weighted by atomic mass is 10.1. The molecular formula is C18H21N5S. The SMILES string of the molecule is CCNC(=NCc1nccc2ccccc12)NCc1ncc(C)s1. The lowest BCUT2D eigenvalue weighted by molar-refractivity contribution is 0.809. The summed E-state index contributed by atoms with van der Waals surface area (Å²) in [5.41, 5.74) is 0.982. The topological polar surface area (TPSA) is 62.2 Å². The van der Waals surface area contributed by atoms with Crippen LogP contribution in [0.4, 0.5) is 0 Å². The molecule has 0 unspecified atom stereocenters. The molecule has 3 aromatic rings. The van der Waals surface area contributed by atoms with Crippen molar-refractivity contribution in [3.8, 4) is 0 Å². The Labute approximate surface area is 145 Å². The predicted molar refractivity (Wildman–Crippen MR) is 100 cm³/mol. The number of pyridine rings is 1. The molecule has 2 aromatic heterocycles. The van der Waals surface area contributed by atoms with Crippen molar-refractivity contribution in [3.05, 3.63) is 58.3 Å². The fourth-order valence-electron chi connectivity index (χ4n) is 2.45. The van der Waals surface area contributed by atoms with E-state index in [2.05, 4.69) is 51.6 Å². The number of thiazole rings is 1. The summed E-state index contributed by atoms with van der Waals surface area (Å²) in [6.45, 7) is 6.14. The van der Waals surface area contributed by atoms with Crippen LogP contribution in [0.25, 0.3) is 10.8 Å². The first-order valence-electron chi connectivity index (χ1n) is 8.02. The van der Waals surface area contributed by atoms with E-state index in [0.717, 1.165) is 28.6 Å². The maximum absolute atomic E-state index is 4.66. The van der Waals surface area contributed by atoms with Crippen molar-refractivity contribution in [1.82, 2.24) is 20.6 Å². The molecule has 0 fully saturated rings. The molecule has 0 aliphatic carbocycles. The van der Waals surface area contributed by atoms with Crippen LogP contribution >= 0.6 is 11.3 Å². The van der Waals surface area contributed by atoms with Crippen LogP contribution in [0.1, 0.15) is 22.5 Å². The van der Waals surface area contributed by atoms with Gasteiger partial charge in [0.05, 0.1) is 18.8 Å². The van der Waals surface area contributed by atoms with Gasteiger partial charge in [-0.2, -0.15) is 0 Å². The van der Waals surface area contributed by atoms with Crippen molar-refractivity contribution in [3.63, 3.8) is 0 Å². The molecule has 124 valence electrons. The van der Waals surface area contributed by atoms with E-state index in [1.54, 1.807) is 11.3 Å². The minimum Gasteiger partial charge on any atom is -0.357 e. The van der Waals surface area contributed by atoms with E-state index in [1.807, 2.05) is 30.6 Å². The zero-order valence-corrected chi connectivity index (χ0v) is 14.7. The number of aromatic nitrogens is 2. The van der Waals surface area contributed by atoms with Gasteiger partial charge in [-0.3, -0.25) is 4.98 Å². The second-order valence-corrected chi connectivity index (χ2v) is 6.71. The number of nitrogens with one attached hydrogen (secondary N) is 2. The number of hydrogen-bond acceptors (Lipinski definition) is 4. The van der Waals surface area contributed by atoms with Gasteiger partial charge in [-0.25, -0.2) is 9.98 Å². The standard InChI is InChI=1S/C18H21N5S/c1-3-19-18(23-12-17-21-10-13(2)24-17)22-11-16-15-7-5-4-6-14(15)8-9-20-16/h4-10H,3,11-12H2,1-2H3,(H2,19,22,23). The number of benzene rings is 1. The van der Waals surface area contributed by atoms with Gasteiger partial charge in [-0.1, -0.05) is 24.3 Å². The molecule has 0 aliphatic heterocycles. The number of rotatable bonds is 5. The van der Waals surface area contributed by atoms with E-state index in [1.165, 1.54) is 10.3 Å². The molecule has 3 rings (SSSR count). The molecule has 0 spiro atoms. The van der Waals surface area contributed by atoms with E-state index in [9.17, 15) is 0 Å². The number of guanidine groups is 1. The number of aliphatic imine (C=N–C) groups is 1. The minimum atomic E-state index is 0.535. The van der Waals surface area contributed by atoms with Crippen LogP contribution in [0.15, 0.2) is 47.7 Å². The lowest BCUT2D eigenvalue weighted by Gasteiger charge is -2.10. The Balaban J connectivity index is 1.72. The van der Waals surface area contributed by atoms with Crippen LogP contribution < -0.4 is 10.6 Å². The third kappa shape index (κ3) is 4.08. The summed E-state index contributed by atoms with van der Waals surface area (Å²) in [5, 5.41) is 9.99. The van der Waals surface area contributed by atoms with Crippen molar-refractivity contribution in [2.45, 2.75) is 26.9 Å². The third-order valence-electron chi connectivity index (χ3n) is 3.56. The first kappa shape index (κ1) is 16.4. The summed E-state index contributed by atoms with van der Waals surface area (Å²) < 4.78 is 0. The molecule has 0 amide bonds. The highest BCUT2D eigenvalue weighted by Crippen LogP contribution is 2.16. The van der Waals surface area contributed by atoms with Gasteiger partial charge in [-0.05, 0) is 25.3 Å². The minimum absolute atomic E-state index is 0.535. The average Bonchev–Trinajstić information content (AvgIpc) is 3.03. The monoisotopic (exact) mass is 339 g/mol. The van der Waals surface area contributed by atoms with Gasteiger partial charge in [0.1, 0.15) is 5.01 Å². The zero-order chi connectivity index (χ0) is 16.8. The summed E-state index contributed by atoms with van der Waals surface area (Å²) in [6.07, 6.45) is 3.73. The van der Waals surface area contributed by atoms with Gasteiger partial charge in [0, 0.05) is 29.2 Å². The first-order valence-corrected chi connectivity index (χ1v) is 8.84. The molecular weight excluding hydrogens is 318 g/mol. The highest BCUT2D eigenvalue weighted by Gasteiger charge is 2.04. The van der Waals surface area contributed by atoms with Crippen molar-refractivity contribution in [1.29, 1.82) is 0 Å². The van der Waals surface area contributed by atoms with Crippen LogP contribution in [0, 0.1) is 6.92 Å². The summed E-state index contributed by atoms with van der Waals surface area (Å²) >= 11 is 1.70. The number of aryl methyl sites for hydroxylation is 1. The Hall–Kier alpha value is -2.47. The largest absolute Gasteiger partial charge is 0.357 e. The van der Waals surface area contributed by atoms with Crippen molar-refractivity contribution in [2.24, 2.45) is 4.99 Å². The van der Waals surface area contributed by atoms with Crippen molar-refractivity contribution < 1.29 is 0 Å². The van der Waals surface area contributed by atoms with Gasteiger partial charge in [-0.15, -0.1) is 11.3 Å². The molecule has 0 saturated carbocycles. The summed E-state index contributed by atoms with van der Waals surface area (Å²) in [7, 11) is 0. The Morgan fingerprint density at radius 1 is 1.17 bits per heavy atom. The maximum Gasteiger partial charge on any atom is 0.191 e. The van der Waals surface area contributed by atoms with Gasteiger partial charge in [0.2, 0.25) is 0 Å². The smallest absolute Gasteiger partial charge is 0.191 e. The fourth-order valence-corrected chi connectivity index (χ4v) is 3.17. The average molecular weight is 339 g/mol. The van der Waals surface area contributed by atoms with E-state index < -0.39 is 0 Å². The summed E-state index contributed by atoms with van der Waals surface area (Å²) in [4.78, 5) is 14.7. The molecule has 24 heavy (non-hydrogen) atoms. The van der Waals surface area contributed by atoms with Crippen LogP contribution in [-0.4, -0.2) is 22.5 Å². The second-order valence-electron chi connectivity index (χ2n) is 5.39. The molecule has 6 heteroatoms. The van der Waals surface area contributed by atoms with Crippen LogP contribution in [0.2, 0.25) is 0 Å². The molecule has 5 nitrogen and oxygen atoms in total. The molecule has 1 aromatic carbocycles. The van der Waals surface area contributed by atoms with Gasteiger partial charge in [0.25, 0.3) is 0 Å². The Kier molecular flexibility index (Phi) is 5.38. The third-order valence-corrected chi connectivity index (χ3v) is 4.48. The van der Waals surface area contributed by atoms with Crippen molar-refractivity contribution >= 4 is 28.1 Å². The van der Waals surface area contributed by atoms with Gasteiger partial charge >= 0.3 is 0 Å². The molecule has 0 aliphatic rings. The molecule has 0 radical (unpaired) electrons. The fraction of sp³-hybridized carbons (Fsp3) is 0.278. The Morgan fingerprint density at radius 2 is 2.04 bits per heavy atom. The molecule has 2 heterocycles. The highest BCUT2D eigenvalue weighted by atomic mass is 32.1. The number of fused-ring (bicyclic) bond motifs is 1. The molecule has 0 atom stereocenters. The number of hydrogen-bond donors (Lipinski definition) is 2. The highest BCUT2D eigenvalue weighted by molar-refractivity contribution is 7.11. The quantitative estimate of drug-likeness (QED) is 0.553. The maximum atomic E-state index is 4.66. The Bertz CT molecular complexity index is 835. The number of nitrogens with zero attached hydrogens (tertiary/aromatic N) is 3. The van der Waals surface area contributed by atoms with E-state index >= 15 is 0 Å². The summed E-state index contributed by atoms with van der Waals surface area (Å²) in [5.74, 6) is 0.778. The van der Waals surface area contributed by atoms with Crippen LogP contribution in [-0.2, 0) is 13.1 Å². The Morgan fingerprint density at radius 3 is 2.83 bits per heavy atom. The first-order chi connectivity index (χ1) is 11.8. The van der Waals surface area contributed by atoms with Crippen molar-refractivity contribution in [2.75, 3.05) is 6.54 Å². The van der Waals surface area contributed by atoms with Crippen LogP contribution in [0.5, 0.6) is 0 Å². The van der Waals surface area contributed by atoms with E-state index in [-0.39, 0.29) is 0 Å². The summed E-state index contributed by atoms with van der Waals surface area (Å²) in [6, 6.07) is 10.3. The van der Waals surface area contributed by atoms with Gasteiger partial charge < -0.3 is 10.6 Å². The molecule has 0 saturated heterocycles. The predicted octanol–water partition coefficient (Wildman–Crippen LogP) is 3.26. The zero-order valence-electron chi connectivity index (χ0n) is 13.9.